The van der Waals surface area contributed by atoms with Crippen LogP contribution in [0.2, 0.25) is 5.02 Å². The normalized spacial score (nSPS) is 15.9. The van der Waals surface area contributed by atoms with E-state index in [1.807, 2.05) is 12.1 Å². The van der Waals surface area contributed by atoms with Crippen molar-refractivity contribution in [3.8, 4) is 5.75 Å². The third kappa shape index (κ3) is 5.96. The lowest BCUT2D eigenvalue weighted by Gasteiger charge is -2.26. The molecule has 1 atom stereocenters. The number of amides is 1. The maximum atomic E-state index is 12.3. The Labute approximate surface area is 165 Å². The fourth-order valence-electron chi connectivity index (χ4n) is 2.90. The number of nitrogens with zero attached hydrogens (tertiary/aromatic N) is 1. The molecule has 0 aliphatic carbocycles. The van der Waals surface area contributed by atoms with Gasteiger partial charge in [-0.3, -0.25) is 9.69 Å². The summed E-state index contributed by atoms with van der Waals surface area (Å²) in [4.78, 5) is 14.6. The van der Waals surface area contributed by atoms with Crippen LogP contribution in [0.15, 0.2) is 48.5 Å². The SMILES string of the molecule is C[C@@H](Oc1ccccc1Cl)C(=O)NCc1ccc(CN2CCOCC2)cc1. The zero-order valence-electron chi connectivity index (χ0n) is 15.5. The quantitative estimate of drug-likeness (QED) is 0.791. The number of hydrogen-bond acceptors (Lipinski definition) is 4. The Hall–Kier alpha value is -2.08. The molecule has 2 aromatic carbocycles. The predicted molar refractivity (Wildman–Crippen MR) is 106 cm³/mol. The summed E-state index contributed by atoms with van der Waals surface area (Å²) >= 11 is 6.06. The molecular formula is C21H25ClN2O3. The summed E-state index contributed by atoms with van der Waals surface area (Å²) < 4.78 is 11.0. The van der Waals surface area contributed by atoms with Gasteiger partial charge in [-0.2, -0.15) is 0 Å². The highest BCUT2D eigenvalue weighted by Gasteiger charge is 2.15. The van der Waals surface area contributed by atoms with E-state index in [4.69, 9.17) is 21.1 Å². The highest BCUT2D eigenvalue weighted by molar-refractivity contribution is 6.32. The minimum absolute atomic E-state index is 0.174. The summed E-state index contributed by atoms with van der Waals surface area (Å²) in [6.45, 7) is 6.66. The lowest BCUT2D eigenvalue weighted by molar-refractivity contribution is -0.127. The Morgan fingerprint density at radius 1 is 1.15 bits per heavy atom. The van der Waals surface area contributed by atoms with Crippen molar-refractivity contribution in [3.63, 3.8) is 0 Å². The fraction of sp³-hybridized carbons (Fsp3) is 0.381. The highest BCUT2D eigenvalue weighted by atomic mass is 35.5. The molecule has 1 aliphatic heterocycles. The predicted octanol–water partition coefficient (Wildman–Crippen LogP) is 3.26. The van der Waals surface area contributed by atoms with Crippen LogP contribution in [0.1, 0.15) is 18.1 Å². The molecular weight excluding hydrogens is 364 g/mol. The van der Waals surface area contributed by atoms with Crippen molar-refractivity contribution in [2.24, 2.45) is 0 Å². The number of carbonyl (C=O) groups excluding carboxylic acids is 1. The maximum Gasteiger partial charge on any atom is 0.261 e. The van der Waals surface area contributed by atoms with E-state index < -0.39 is 6.10 Å². The van der Waals surface area contributed by atoms with Crippen LogP contribution in [0.5, 0.6) is 5.75 Å². The molecule has 0 spiro atoms. The standard InChI is InChI=1S/C21H25ClN2O3/c1-16(27-20-5-3-2-4-19(20)22)21(25)23-14-17-6-8-18(9-7-17)15-24-10-12-26-13-11-24/h2-9,16H,10-15H2,1H3,(H,23,25)/t16-/m1/s1. The van der Waals surface area contributed by atoms with Gasteiger partial charge in [-0.15, -0.1) is 0 Å². The molecule has 0 saturated carbocycles. The first-order chi connectivity index (χ1) is 13.1. The van der Waals surface area contributed by atoms with Gasteiger partial charge in [0.1, 0.15) is 5.75 Å². The Morgan fingerprint density at radius 3 is 2.52 bits per heavy atom. The van der Waals surface area contributed by atoms with Gasteiger partial charge in [0.05, 0.1) is 18.2 Å². The fourth-order valence-corrected chi connectivity index (χ4v) is 3.08. The third-order valence-corrected chi connectivity index (χ3v) is 4.82. The number of carbonyl (C=O) groups is 1. The van der Waals surface area contributed by atoms with Gasteiger partial charge in [0, 0.05) is 26.2 Å². The molecule has 0 bridgehead atoms. The van der Waals surface area contributed by atoms with E-state index in [1.54, 1.807) is 19.1 Å². The van der Waals surface area contributed by atoms with Gasteiger partial charge in [-0.05, 0) is 30.2 Å². The first-order valence-electron chi connectivity index (χ1n) is 9.18. The second kappa shape index (κ2) is 9.74. The molecule has 1 saturated heterocycles. The minimum Gasteiger partial charge on any atom is -0.479 e. The number of morpholine rings is 1. The van der Waals surface area contributed by atoms with E-state index in [9.17, 15) is 4.79 Å². The summed E-state index contributed by atoms with van der Waals surface area (Å²) in [6.07, 6.45) is -0.620. The van der Waals surface area contributed by atoms with E-state index in [2.05, 4.69) is 34.5 Å². The van der Waals surface area contributed by atoms with Crippen LogP contribution in [0, 0.1) is 0 Å². The Balaban J connectivity index is 1.46. The van der Waals surface area contributed by atoms with Crippen molar-refractivity contribution in [3.05, 3.63) is 64.7 Å². The molecule has 1 heterocycles. The molecule has 2 aromatic rings. The number of ether oxygens (including phenoxy) is 2. The van der Waals surface area contributed by atoms with Crippen molar-refractivity contribution in [2.75, 3.05) is 26.3 Å². The van der Waals surface area contributed by atoms with E-state index in [1.165, 1.54) is 5.56 Å². The molecule has 5 nitrogen and oxygen atoms in total. The second-order valence-electron chi connectivity index (χ2n) is 6.61. The summed E-state index contributed by atoms with van der Waals surface area (Å²) in [5, 5.41) is 3.40. The van der Waals surface area contributed by atoms with Crippen LogP contribution in [-0.2, 0) is 22.6 Å². The largest absolute Gasteiger partial charge is 0.479 e. The molecule has 6 heteroatoms. The van der Waals surface area contributed by atoms with E-state index >= 15 is 0 Å². The van der Waals surface area contributed by atoms with Crippen LogP contribution >= 0.6 is 11.6 Å². The summed E-state index contributed by atoms with van der Waals surface area (Å²) in [7, 11) is 0. The van der Waals surface area contributed by atoms with Gasteiger partial charge < -0.3 is 14.8 Å². The summed E-state index contributed by atoms with van der Waals surface area (Å²) in [5.41, 5.74) is 2.32. The molecule has 0 unspecified atom stereocenters. The second-order valence-corrected chi connectivity index (χ2v) is 7.02. The lowest BCUT2D eigenvalue weighted by Crippen LogP contribution is -2.36. The molecule has 1 amide bonds. The minimum atomic E-state index is -0.620. The van der Waals surface area contributed by atoms with Gasteiger partial charge in [0.2, 0.25) is 0 Å². The topological polar surface area (TPSA) is 50.8 Å². The number of hydrogen-bond donors (Lipinski definition) is 1. The summed E-state index contributed by atoms with van der Waals surface area (Å²) in [5.74, 6) is 0.335. The lowest BCUT2D eigenvalue weighted by atomic mass is 10.1. The third-order valence-electron chi connectivity index (χ3n) is 4.51. The van der Waals surface area contributed by atoms with Crippen molar-refractivity contribution in [1.82, 2.24) is 10.2 Å². The Morgan fingerprint density at radius 2 is 1.81 bits per heavy atom. The number of halogens is 1. The molecule has 3 rings (SSSR count). The van der Waals surface area contributed by atoms with Gasteiger partial charge in [-0.1, -0.05) is 48.0 Å². The van der Waals surface area contributed by atoms with Crippen LogP contribution in [-0.4, -0.2) is 43.2 Å². The smallest absolute Gasteiger partial charge is 0.261 e. The highest BCUT2D eigenvalue weighted by Crippen LogP contribution is 2.24. The monoisotopic (exact) mass is 388 g/mol. The molecule has 1 fully saturated rings. The summed E-state index contributed by atoms with van der Waals surface area (Å²) in [6, 6.07) is 15.5. The average Bonchev–Trinajstić information content (AvgIpc) is 2.69. The van der Waals surface area contributed by atoms with Crippen LogP contribution in [0.3, 0.4) is 0 Å². The zero-order valence-corrected chi connectivity index (χ0v) is 16.2. The number of rotatable bonds is 7. The van der Waals surface area contributed by atoms with Crippen molar-refractivity contribution in [1.29, 1.82) is 0 Å². The average molecular weight is 389 g/mol. The number of nitrogens with one attached hydrogen (secondary N) is 1. The Bertz CT molecular complexity index is 745. The first-order valence-corrected chi connectivity index (χ1v) is 9.56. The van der Waals surface area contributed by atoms with Crippen molar-refractivity contribution in [2.45, 2.75) is 26.1 Å². The van der Waals surface area contributed by atoms with Crippen molar-refractivity contribution < 1.29 is 14.3 Å². The maximum absolute atomic E-state index is 12.3. The Kier molecular flexibility index (Phi) is 7.10. The molecule has 1 N–H and O–H groups in total. The molecule has 27 heavy (non-hydrogen) atoms. The van der Waals surface area contributed by atoms with E-state index in [0.29, 0.717) is 17.3 Å². The molecule has 0 aromatic heterocycles. The molecule has 144 valence electrons. The van der Waals surface area contributed by atoms with Gasteiger partial charge in [0.25, 0.3) is 5.91 Å². The van der Waals surface area contributed by atoms with Gasteiger partial charge in [-0.25, -0.2) is 0 Å². The van der Waals surface area contributed by atoms with Crippen LogP contribution in [0.25, 0.3) is 0 Å². The van der Waals surface area contributed by atoms with Crippen LogP contribution < -0.4 is 10.1 Å². The van der Waals surface area contributed by atoms with Crippen molar-refractivity contribution >= 4 is 17.5 Å². The molecule has 1 aliphatic rings. The van der Waals surface area contributed by atoms with E-state index in [0.717, 1.165) is 38.4 Å². The number of para-hydroxylation sites is 1. The zero-order chi connectivity index (χ0) is 19.1. The molecule has 0 radical (unpaired) electrons. The van der Waals surface area contributed by atoms with Gasteiger partial charge in [0.15, 0.2) is 6.10 Å². The van der Waals surface area contributed by atoms with E-state index in [-0.39, 0.29) is 5.91 Å². The van der Waals surface area contributed by atoms with Crippen LogP contribution in [0.4, 0.5) is 0 Å². The first kappa shape index (κ1) is 19.7. The van der Waals surface area contributed by atoms with Gasteiger partial charge >= 0.3 is 0 Å². The number of benzene rings is 2.